The maximum Gasteiger partial charge on any atom is 0.328 e. The number of nitrogens with one attached hydrogen (secondary N) is 11. The molecule has 10 amide bonds. The zero-order chi connectivity index (χ0) is 62.3. The average molecular weight is 1150 g/mol. The Hall–Kier alpha value is -5.91. The van der Waals surface area contributed by atoms with Gasteiger partial charge in [0.05, 0.1) is 32.3 Å². The van der Waals surface area contributed by atoms with E-state index in [4.69, 9.17) is 10.5 Å². The van der Waals surface area contributed by atoms with E-state index in [2.05, 4.69) is 65.4 Å². The van der Waals surface area contributed by atoms with Crippen LogP contribution in [0.15, 0.2) is 0 Å². The molecule has 0 aromatic rings. The standard InChI is InChI=1S/C57H106N12O12/c1-17-19-20-21-22-25-28-62-55(10,11)52(78)61-34-45(72)64-40(29-35(3)4)48(74)68-56(12,13)53(79)60-32-43(70)59-33-44(71)63-41(30-36(5)6)49(75)69-57(14,15)54(80)66-39(26-23-24-27-58)47(73)67-46(38(9)18-2)50(76)65-42(31-37(7)8)51(77)81-16/h35-42,46,62H,17-34,58H2,1-16H3,(H,59,70)(H,60,79)(H,61,78)(H,63,71)(H,64,72)(H,65,76)(H,66,80)(H,67,73)(H,68,74)(H,69,75)/t38-,39-,40-,41-,42-,46-/m0/s1. The fourth-order valence-electron chi connectivity index (χ4n) is 8.34. The molecule has 0 radical (unpaired) electrons. The Morgan fingerprint density at radius 1 is 0.457 bits per heavy atom. The molecule has 0 aromatic carbocycles. The third-order valence-electron chi connectivity index (χ3n) is 13.5. The number of amides is 10. The van der Waals surface area contributed by atoms with Crippen molar-refractivity contribution in [2.45, 2.75) is 234 Å². The molecule has 0 saturated heterocycles. The molecule has 0 rings (SSSR count). The molecule has 81 heavy (non-hydrogen) atoms. The number of hydrogen-bond donors (Lipinski definition) is 12. The SMILES string of the molecule is CCCCCCCCNC(C)(C)C(=O)NCC(=O)N[C@@H](CC(C)C)C(=O)NC(C)(C)C(=O)NCC(=O)NCC(=O)N[C@@H](CC(C)C)C(=O)NC(C)(C)C(=O)N[C@@H](CCCCN)C(=O)N[C@H](C(=O)N[C@@H](CC(C)C)C(=O)OC)[C@@H](C)CC. The highest BCUT2D eigenvalue weighted by Crippen LogP contribution is 2.16. The van der Waals surface area contributed by atoms with Gasteiger partial charge in [0, 0.05) is 0 Å². The minimum absolute atomic E-state index is 0.0372. The van der Waals surface area contributed by atoms with E-state index in [1.54, 1.807) is 20.8 Å². The number of carbonyl (C=O) groups excluding carboxylic acids is 11. The van der Waals surface area contributed by atoms with Crippen LogP contribution < -0.4 is 64.2 Å². The summed E-state index contributed by atoms with van der Waals surface area (Å²) in [6, 6.07) is -5.42. The zero-order valence-corrected chi connectivity index (χ0v) is 51.9. The fourth-order valence-corrected chi connectivity index (χ4v) is 8.34. The largest absolute Gasteiger partial charge is 0.467 e. The topological polar surface area (TPSA) is 355 Å². The second kappa shape index (κ2) is 38.0. The molecule has 24 heteroatoms. The Bertz CT molecular complexity index is 2050. The van der Waals surface area contributed by atoms with Crippen LogP contribution in [0.5, 0.6) is 0 Å². The van der Waals surface area contributed by atoms with Crippen LogP contribution >= 0.6 is 0 Å². The predicted molar refractivity (Wildman–Crippen MR) is 311 cm³/mol. The van der Waals surface area contributed by atoms with Crippen LogP contribution in [0.25, 0.3) is 0 Å². The van der Waals surface area contributed by atoms with Crippen LogP contribution in [-0.2, 0) is 57.5 Å². The molecule has 6 atom stereocenters. The van der Waals surface area contributed by atoms with Crippen molar-refractivity contribution in [2.75, 3.05) is 39.8 Å². The molecule has 0 aliphatic carbocycles. The van der Waals surface area contributed by atoms with Crippen LogP contribution in [0, 0.1) is 23.7 Å². The second-order valence-corrected chi connectivity index (χ2v) is 24.1. The molecule has 0 fully saturated rings. The Morgan fingerprint density at radius 2 is 0.914 bits per heavy atom. The van der Waals surface area contributed by atoms with E-state index in [1.807, 2.05) is 48.5 Å². The van der Waals surface area contributed by atoms with E-state index >= 15 is 0 Å². The summed E-state index contributed by atoms with van der Waals surface area (Å²) in [5, 5.41) is 29.5. The van der Waals surface area contributed by atoms with Gasteiger partial charge in [-0.15, -0.1) is 0 Å². The van der Waals surface area contributed by atoms with E-state index in [0.29, 0.717) is 38.8 Å². The van der Waals surface area contributed by atoms with Crippen molar-refractivity contribution in [2.24, 2.45) is 29.4 Å². The summed E-state index contributed by atoms with van der Waals surface area (Å²) in [7, 11) is 1.22. The van der Waals surface area contributed by atoms with Crippen LogP contribution in [0.1, 0.15) is 187 Å². The van der Waals surface area contributed by atoms with Gasteiger partial charge >= 0.3 is 5.97 Å². The van der Waals surface area contributed by atoms with Gasteiger partial charge in [0.15, 0.2) is 0 Å². The molecule has 0 spiro atoms. The smallest absolute Gasteiger partial charge is 0.328 e. The molecule has 0 aromatic heterocycles. The van der Waals surface area contributed by atoms with Gasteiger partial charge in [-0.05, 0) is 123 Å². The molecular weight excluding hydrogens is 1040 g/mol. The summed E-state index contributed by atoms with van der Waals surface area (Å²) in [6.07, 6.45) is 8.89. The lowest BCUT2D eigenvalue weighted by atomic mass is 9.96. The van der Waals surface area contributed by atoms with Crippen molar-refractivity contribution in [3.05, 3.63) is 0 Å². The maximum atomic E-state index is 14.0. The molecular formula is C57H106N12O12. The van der Waals surface area contributed by atoms with Crippen molar-refractivity contribution in [1.82, 2.24) is 58.5 Å². The number of esters is 1. The lowest BCUT2D eigenvalue weighted by Crippen LogP contribution is -2.63. The van der Waals surface area contributed by atoms with E-state index in [1.165, 1.54) is 47.6 Å². The Labute approximate surface area is 482 Å². The molecule has 0 heterocycles. The minimum Gasteiger partial charge on any atom is -0.467 e. The minimum atomic E-state index is -1.65. The number of ether oxygens (including phenoxy) is 1. The summed E-state index contributed by atoms with van der Waals surface area (Å²) in [6.45, 7) is 25.4. The number of unbranched alkanes of at least 4 members (excludes halogenated alkanes) is 6. The van der Waals surface area contributed by atoms with E-state index in [-0.39, 0.29) is 55.4 Å². The van der Waals surface area contributed by atoms with E-state index < -0.39 is 119 Å². The van der Waals surface area contributed by atoms with Gasteiger partial charge in [-0.3, -0.25) is 47.9 Å². The first-order valence-electron chi connectivity index (χ1n) is 29.2. The van der Waals surface area contributed by atoms with Gasteiger partial charge in [-0.1, -0.05) is 101 Å². The highest BCUT2D eigenvalue weighted by molar-refractivity contribution is 5.99. The summed E-state index contributed by atoms with van der Waals surface area (Å²) in [5.41, 5.74) is 1.58. The molecule has 0 bridgehead atoms. The molecule has 24 nitrogen and oxygen atoms in total. The van der Waals surface area contributed by atoms with Gasteiger partial charge in [0.25, 0.3) is 0 Å². The molecule has 0 unspecified atom stereocenters. The number of methoxy groups -OCH3 is 1. The van der Waals surface area contributed by atoms with Gasteiger partial charge in [-0.25, -0.2) is 4.79 Å². The molecule has 466 valence electrons. The van der Waals surface area contributed by atoms with Crippen molar-refractivity contribution >= 4 is 65.0 Å². The summed E-state index contributed by atoms with van der Waals surface area (Å²) in [4.78, 5) is 147. The Kier molecular flexibility index (Phi) is 35.2. The van der Waals surface area contributed by atoms with Gasteiger partial charge in [0.2, 0.25) is 59.1 Å². The maximum absolute atomic E-state index is 14.0. The average Bonchev–Trinajstić information content (AvgIpc) is 3.37. The number of carbonyl (C=O) groups is 11. The van der Waals surface area contributed by atoms with Crippen molar-refractivity contribution < 1.29 is 57.5 Å². The summed E-state index contributed by atoms with van der Waals surface area (Å²) >= 11 is 0. The zero-order valence-electron chi connectivity index (χ0n) is 51.9. The number of rotatable bonds is 41. The van der Waals surface area contributed by atoms with Crippen LogP contribution in [0.2, 0.25) is 0 Å². The first kappa shape index (κ1) is 75.1. The molecule has 13 N–H and O–H groups in total. The second-order valence-electron chi connectivity index (χ2n) is 24.1. The monoisotopic (exact) mass is 1150 g/mol. The third kappa shape index (κ3) is 30.6. The Morgan fingerprint density at radius 3 is 1.40 bits per heavy atom. The van der Waals surface area contributed by atoms with Crippen molar-refractivity contribution in [3.63, 3.8) is 0 Å². The normalized spacial score (nSPS) is 14.0. The van der Waals surface area contributed by atoms with Gasteiger partial charge in [0.1, 0.15) is 41.3 Å². The lowest BCUT2D eigenvalue weighted by molar-refractivity contribution is -0.146. The molecule has 0 saturated carbocycles. The van der Waals surface area contributed by atoms with E-state index in [9.17, 15) is 52.7 Å². The summed E-state index contributed by atoms with van der Waals surface area (Å²) < 4.78 is 4.90. The Balaban J connectivity index is 5.70. The molecule has 0 aliphatic rings. The quantitative estimate of drug-likeness (QED) is 0.0307. The van der Waals surface area contributed by atoms with Crippen LogP contribution in [-0.4, -0.2) is 152 Å². The van der Waals surface area contributed by atoms with Gasteiger partial charge in [-0.2, -0.15) is 0 Å². The number of nitrogens with two attached hydrogens (primary N) is 1. The summed E-state index contributed by atoms with van der Waals surface area (Å²) in [5.74, 6) is -7.80. The fraction of sp³-hybridized carbons (Fsp3) is 0.807. The number of hydrogen-bond acceptors (Lipinski definition) is 14. The van der Waals surface area contributed by atoms with Crippen molar-refractivity contribution in [3.8, 4) is 0 Å². The first-order valence-corrected chi connectivity index (χ1v) is 29.2. The third-order valence-corrected chi connectivity index (χ3v) is 13.5. The first-order chi connectivity index (χ1) is 37.7. The van der Waals surface area contributed by atoms with Gasteiger partial charge < -0.3 is 69.0 Å². The van der Waals surface area contributed by atoms with Crippen LogP contribution in [0.4, 0.5) is 0 Å². The van der Waals surface area contributed by atoms with Crippen molar-refractivity contribution in [1.29, 1.82) is 0 Å². The predicted octanol–water partition coefficient (Wildman–Crippen LogP) is 1.76. The lowest BCUT2D eigenvalue weighted by Gasteiger charge is -2.31. The highest BCUT2D eigenvalue weighted by Gasteiger charge is 2.38. The highest BCUT2D eigenvalue weighted by atomic mass is 16.5. The van der Waals surface area contributed by atoms with E-state index in [0.717, 1.165) is 25.7 Å². The van der Waals surface area contributed by atoms with Crippen LogP contribution in [0.3, 0.4) is 0 Å². The molecule has 0 aliphatic heterocycles.